The van der Waals surface area contributed by atoms with Gasteiger partial charge in [0.25, 0.3) is 0 Å². The molecule has 7 rings (SSSR count). The topological polar surface area (TPSA) is 24.9 Å². The monoisotopic (exact) mass is 512 g/mol. The van der Waals surface area contributed by atoms with E-state index in [0.717, 1.165) is 91.2 Å². The maximum absolute atomic E-state index is 6.40. The molecule has 0 amide bonds. The van der Waals surface area contributed by atoms with E-state index in [9.17, 15) is 0 Å². The molecule has 0 radical (unpaired) electrons. The van der Waals surface area contributed by atoms with Crippen LogP contribution < -0.4 is 9.47 Å². The number of rotatable bonds is 5. The molecule has 4 nitrogen and oxygen atoms in total. The first-order valence-electron chi connectivity index (χ1n) is 13.6. The first-order valence-corrected chi connectivity index (χ1v) is 13.6. The average Bonchev–Trinajstić information content (AvgIpc) is 2.94. The van der Waals surface area contributed by atoms with E-state index in [2.05, 4.69) is 86.4 Å². The van der Waals surface area contributed by atoms with E-state index in [0.29, 0.717) is 6.61 Å². The fourth-order valence-electron chi connectivity index (χ4n) is 7.07. The molecule has 2 aliphatic heterocycles. The van der Waals surface area contributed by atoms with Crippen LogP contribution >= 0.6 is 0 Å². The summed E-state index contributed by atoms with van der Waals surface area (Å²) in [7, 11) is 1.76. The number of hydrogen-bond acceptors (Lipinski definition) is 4. The summed E-state index contributed by atoms with van der Waals surface area (Å²) < 4.78 is 12.5. The molecule has 194 valence electrons. The normalized spacial score (nSPS) is 15.1. The minimum atomic E-state index is 0.570. The molecular weight excluding hydrogens is 480 g/mol. The Hall–Kier alpha value is -4.44. The van der Waals surface area contributed by atoms with Crippen LogP contribution in [-0.4, -0.2) is 36.6 Å². The lowest BCUT2D eigenvalue weighted by Gasteiger charge is -2.36. The molecule has 0 saturated carbocycles. The maximum Gasteiger partial charge on any atom is 0.128 e. The van der Waals surface area contributed by atoms with Crippen LogP contribution in [0.4, 0.5) is 0 Å². The van der Waals surface area contributed by atoms with Gasteiger partial charge in [0.1, 0.15) is 11.5 Å². The molecule has 0 aromatic heterocycles. The Bertz CT molecular complexity index is 1960. The van der Waals surface area contributed by atoms with Gasteiger partial charge >= 0.3 is 0 Å². The summed E-state index contributed by atoms with van der Waals surface area (Å²) in [4.78, 5) is 4.37. The highest BCUT2D eigenvalue weighted by atomic mass is 16.5. The van der Waals surface area contributed by atoms with Crippen molar-refractivity contribution < 1.29 is 9.47 Å². The molecule has 0 spiro atoms. The zero-order valence-corrected chi connectivity index (χ0v) is 23.1. The number of benzene rings is 5. The molecule has 2 aliphatic rings. The summed E-state index contributed by atoms with van der Waals surface area (Å²) in [5.74, 6) is 1.71. The van der Waals surface area contributed by atoms with Crippen molar-refractivity contribution in [3.05, 3.63) is 85.0 Å². The molecule has 0 fully saturated rings. The van der Waals surface area contributed by atoms with Crippen molar-refractivity contribution in [1.82, 2.24) is 9.80 Å². The number of ether oxygens (including phenoxy) is 2. The first-order chi connectivity index (χ1) is 18.9. The van der Waals surface area contributed by atoms with Crippen molar-refractivity contribution in [2.45, 2.75) is 20.8 Å². The van der Waals surface area contributed by atoms with E-state index < -0.39 is 0 Å². The molecule has 0 aliphatic carbocycles. The van der Waals surface area contributed by atoms with Crippen molar-refractivity contribution in [2.75, 3.05) is 26.8 Å². The molecule has 4 heteroatoms. The largest absolute Gasteiger partial charge is 0.496 e. The summed E-state index contributed by atoms with van der Waals surface area (Å²) in [5, 5.41) is 9.19. The highest BCUT2D eigenvalue weighted by Crippen LogP contribution is 2.55. The van der Waals surface area contributed by atoms with E-state index in [1.54, 1.807) is 7.11 Å². The summed E-state index contributed by atoms with van der Waals surface area (Å²) in [6.45, 7) is 26.4. The Morgan fingerprint density at radius 1 is 0.564 bits per heavy atom. The van der Waals surface area contributed by atoms with Gasteiger partial charge in [-0.1, -0.05) is 50.6 Å². The first kappa shape index (κ1) is 23.7. The number of fused-ring (bicyclic) bond motifs is 2. The molecular formula is C35H32N2O2. The molecule has 0 N–H and O–H groups in total. The van der Waals surface area contributed by atoms with E-state index in [-0.39, 0.29) is 0 Å². The summed E-state index contributed by atoms with van der Waals surface area (Å²) in [6.07, 6.45) is 0. The molecule has 5 aromatic rings. The number of hydrogen-bond donors (Lipinski definition) is 0. The van der Waals surface area contributed by atoms with E-state index >= 15 is 0 Å². The summed E-state index contributed by atoms with van der Waals surface area (Å²) in [6, 6.07) is 13.2. The van der Waals surface area contributed by atoms with Crippen LogP contribution in [0.25, 0.3) is 65.9 Å². The van der Waals surface area contributed by atoms with Gasteiger partial charge in [-0.15, -0.1) is 0 Å². The predicted molar refractivity (Wildman–Crippen MR) is 166 cm³/mol. The van der Waals surface area contributed by atoms with E-state index in [4.69, 9.17) is 9.47 Å². The zero-order valence-electron chi connectivity index (χ0n) is 23.1. The minimum absolute atomic E-state index is 0.570. The van der Waals surface area contributed by atoms with Crippen molar-refractivity contribution in [2.24, 2.45) is 0 Å². The second kappa shape index (κ2) is 8.03. The number of nitrogens with zero attached hydrogens (tertiary/aromatic N) is 2. The summed E-state index contributed by atoms with van der Waals surface area (Å²) in [5.41, 5.74) is 8.31. The standard InChI is InChI=1S/C35H32N2O2/c1-9-36-18(4)22-13-15-25-33-29(39-11-3)17-27-21(7)37(10-2)19(5)23-12-14-24(35(33)31(23)27)32-28(38-8)16-26(20(36)6)30(22)34(25)32/h12-17H,4-7,9-11H2,1-3,8H3. The van der Waals surface area contributed by atoms with Crippen molar-refractivity contribution in [3.8, 4) is 11.5 Å². The Labute approximate surface area is 229 Å². The lowest BCUT2D eigenvalue weighted by molar-refractivity contribution is 0.344. The molecule has 2 heterocycles. The SMILES string of the molecule is C=C1c2ccc3c4c(OCC)cc5c6c(ccc(c7c(OC)cc(c2c37)C(=C)N1CC)c64)C(=C)N(CC)C5=C. The minimum Gasteiger partial charge on any atom is -0.496 e. The van der Waals surface area contributed by atoms with Crippen LogP contribution in [0.15, 0.2) is 62.7 Å². The second-order valence-corrected chi connectivity index (χ2v) is 10.3. The molecule has 0 atom stereocenters. The highest BCUT2D eigenvalue weighted by molar-refractivity contribution is 6.38. The third-order valence-corrected chi connectivity index (χ3v) is 8.73. The lowest BCUT2D eigenvalue weighted by atomic mass is 9.80. The fourth-order valence-corrected chi connectivity index (χ4v) is 7.07. The molecule has 39 heavy (non-hydrogen) atoms. The van der Waals surface area contributed by atoms with Gasteiger partial charge in [-0.2, -0.15) is 0 Å². The Morgan fingerprint density at radius 3 is 1.44 bits per heavy atom. The van der Waals surface area contributed by atoms with Gasteiger partial charge in [0.2, 0.25) is 0 Å². The van der Waals surface area contributed by atoms with Gasteiger partial charge in [-0.25, -0.2) is 0 Å². The Kier molecular flexibility index (Phi) is 4.87. The van der Waals surface area contributed by atoms with E-state index in [1.807, 2.05) is 6.92 Å². The third-order valence-electron chi connectivity index (χ3n) is 8.73. The van der Waals surface area contributed by atoms with Crippen LogP contribution in [0.1, 0.15) is 43.0 Å². The molecule has 0 unspecified atom stereocenters. The van der Waals surface area contributed by atoms with Crippen LogP contribution in [0.5, 0.6) is 11.5 Å². The lowest BCUT2D eigenvalue weighted by Crippen LogP contribution is -2.23. The van der Waals surface area contributed by atoms with Gasteiger partial charge in [0.15, 0.2) is 0 Å². The molecule has 0 bridgehead atoms. The van der Waals surface area contributed by atoms with E-state index in [1.165, 1.54) is 21.5 Å². The van der Waals surface area contributed by atoms with Crippen molar-refractivity contribution in [1.29, 1.82) is 0 Å². The van der Waals surface area contributed by atoms with Crippen molar-refractivity contribution in [3.63, 3.8) is 0 Å². The Balaban J connectivity index is 1.78. The van der Waals surface area contributed by atoms with Crippen LogP contribution in [-0.2, 0) is 0 Å². The average molecular weight is 513 g/mol. The zero-order chi connectivity index (χ0) is 27.3. The molecule has 0 saturated heterocycles. The van der Waals surface area contributed by atoms with Gasteiger partial charge in [0, 0.05) is 90.4 Å². The summed E-state index contributed by atoms with van der Waals surface area (Å²) >= 11 is 0. The second-order valence-electron chi connectivity index (χ2n) is 10.3. The third kappa shape index (κ3) is 2.73. The predicted octanol–water partition coefficient (Wildman–Crippen LogP) is 8.70. The van der Waals surface area contributed by atoms with Gasteiger partial charge in [0.05, 0.1) is 13.7 Å². The van der Waals surface area contributed by atoms with Crippen LogP contribution in [0.3, 0.4) is 0 Å². The van der Waals surface area contributed by atoms with Gasteiger partial charge < -0.3 is 19.3 Å². The molecule has 5 aromatic carbocycles. The smallest absolute Gasteiger partial charge is 0.128 e. The van der Waals surface area contributed by atoms with Crippen molar-refractivity contribution >= 4 is 65.9 Å². The van der Waals surface area contributed by atoms with Crippen LogP contribution in [0.2, 0.25) is 0 Å². The maximum atomic E-state index is 6.40. The quantitative estimate of drug-likeness (QED) is 0.174. The van der Waals surface area contributed by atoms with Gasteiger partial charge in [-0.05, 0) is 43.7 Å². The number of methoxy groups -OCH3 is 1. The van der Waals surface area contributed by atoms with Crippen LogP contribution in [0, 0.1) is 0 Å². The fraction of sp³-hybridized carbons (Fsp3) is 0.200. The Morgan fingerprint density at radius 2 is 1.00 bits per heavy atom. The van der Waals surface area contributed by atoms with Gasteiger partial charge in [-0.3, -0.25) is 0 Å². The highest BCUT2D eigenvalue weighted by Gasteiger charge is 2.32.